The Morgan fingerprint density at radius 1 is 1.31 bits per heavy atom. The monoisotopic (exact) mass is 254 g/mol. The van der Waals surface area contributed by atoms with Crippen LogP contribution in [0.25, 0.3) is 10.4 Å². The highest BCUT2D eigenvalue weighted by molar-refractivity contribution is 7.15. The Bertz CT molecular complexity index is 494. The third kappa shape index (κ3) is 2.21. The average molecular weight is 255 g/mol. The van der Waals surface area contributed by atoms with E-state index in [4.69, 9.17) is 21.4 Å². The summed E-state index contributed by atoms with van der Waals surface area (Å²) in [5.41, 5.74) is 0.958. The fraction of sp³-hybridized carbons (Fsp3) is 0.167. The molecule has 1 aromatic carbocycles. The number of aliphatic hydroxyl groups excluding tert-OH is 1. The minimum Gasteiger partial charge on any atom is -0.496 e. The summed E-state index contributed by atoms with van der Waals surface area (Å²) in [4.78, 5) is 1.97. The molecule has 2 aromatic rings. The second kappa shape index (κ2) is 4.87. The van der Waals surface area contributed by atoms with Crippen molar-refractivity contribution < 1.29 is 9.84 Å². The van der Waals surface area contributed by atoms with Crippen LogP contribution in [0.1, 0.15) is 4.88 Å². The van der Waals surface area contributed by atoms with Crippen molar-refractivity contribution >= 4 is 22.9 Å². The Labute approximate surface area is 103 Å². The standard InChI is InChI=1S/C12H11ClO2S/c1-15-11-4-2-8(13)6-10(11)12-5-3-9(7-14)16-12/h2-6,14H,7H2,1H3. The molecule has 1 N–H and O–H groups in total. The van der Waals surface area contributed by atoms with E-state index in [1.54, 1.807) is 13.2 Å². The van der Waals surface area contributed by atoms with E-state index < -0.39 is 0 Å². The minimum absolute atomic E-state index is 0.0630. The predicted octanol–water partition coefficient (Wildman–Crippen LogP) is 3.57. The molecule has 0 amide bonds. The van der Waals surface area contributed by atoms with Crippen LogP contribution in [0.2, 0.25) is 5.02 Å². The van der Waals surface area contributed by atoms with Gasteiger partial charge in [-0.2, -0.15) is 0 Å². The molecule has 0 spiro atoms. The Balaban J connectivity index is 2.49. The molecule has 0 saturated heterocycles. The fourth-order valence-electron chi connectivity index (χ4n) is 1.48. The number of hydrogen-bond acceptors (Lipinski definition) is 3. The molecule has 0 saturated carbocycles. The van der Waals surface area contributed by atoms with Crippen molar-refractivity contribution in [3.05, 3.63) is 40.2 Å². The average Bonchev–Trinajstić information content (AvgIpc) is 2.77. The molecule has 84 valence electrons. The molecule has 1 heterocycles. The number of aliphatic hydroxyl groups is 1. The van der Waals surface area contributed by atoms with Crippen LogP contribution in [0.4, 0.5) is 0 Å². The third-order valence-corrected chi connectivity index (χ3v) is 3.58. The maximum absolute atomic E-state index is 9.03. The normalized spacial score (nSPS) is 10.4. The van der Waals surface area contributed by atoms with Crippen LogP contribution in [0.3, 0.4) is 0 Å². The van der Waals surface area contributed by atoms with Crippen LogP contribution in [0, 0.1) is 0 Å². The zero-order valence-corrected chi connectivity index (χ0v) is 10.3. The van der Waals surface area contributed by atoms with Crippen molar-refractivity contribution in [3.8, 4) is 16.2 Å². The molecular weight excluding hydrogens is 244 g/mol. The number of ether oxygens (including phenoxy) is 1. The third-order valence-electron chi connectivity index (χ3n) is 2.24. The molecule has 0 bridgehead atoms. The number of thiophene rings is 1. The molecule has 2 rings (SSSR count). The molecule has 0 aliphatic heterocycles. The molecule has 4 heteroatoms. The minimum atomic E-state index is 0.0630. The van der Waals surface area contributed by atoms with Crippen LogP contribution in [0.15, 0.2) is 30.3 Å². The Kier molecular flexibility index (Phi) is 3.49. The highest BCUT2D eigenvalue weighted by Gasteiger charge is 2.09. The van der Waals surface area contributed by atoms with Gasteiger partial charge in [0.05, 0.1) is 13.7 Å². The molecule has 0 unspecified atom stereocenters. The second-order valence-corrected chi connectivity index (χ2v) is 4.87. The van der Waals surface area contributed by atoms with Gasteiger partial charge in [0.2, 0.25) is 0 Å². The maximum Gasteiger partial charge on any atom is 0.127 e. The van der Waals surface area contributed by atoms with Gasteiger partial charge in [0, 0.05) is 20.3 Å². The smallest absolute Gasteiger partial charge is 0.127 e. The lowest BCUT2D eigenvalue weighted by molar-refractivity contribution is 0.285. The van der Waals surface area contributed by atoms with Gasteiger partial charge in [-0.3, -0.25) is 0 Å². The topological polar surface area (TPSA) is 29.5 Å². The lowest BCUT2D eigenvalue weighted by atomic mass is 10.1. The molecule has 0 aliphatic rings. The van der Waals surface area contributed by atoms with Gasteiger partial charge < -0.3 is 9.84 Å². The van der Waals surface area contributed by atoms with Crippen LogP contribution >= 0.6 is 22.9 Å². The summed E-state index contributed by atoms with van der Waals surface area (Å²) in [6.07, 6.45) is 0. The summed E-state index contributed by atoms with van der Waals surface area (Å²) < 4.78 is 5.28. The number of rotatable bonds is 3. The largest absolute Gasteiger partial charge is 0.496 e. The number of hydrogen-bond donors (Lipinski definition) is 1. The number of methoxy groups -OCH3 is 1. The molecular formula is C12H11ClO2S. The highest BCUT2D eigenvalue weighted by atomic mass is 35.5. The summed E-state index contributed by atoms with van der Waals surface area (Å²) >= 11 is 7.50. The van der Waals surface area contributed by atoms with E-state index >= 15 is 0 Å². The first-order valence-electron chi connectivity index (χ1n) is 4.78. The first-order chi connectivity index (χ1) is 7.74. The molecule has 0 fully saturated rings. The van der Waals surface area contributed by atoms with Crippen molar-refractivity contribution in [2.24, 2.45) is 0 Å². The Hall–Kier alpha value is -1.03. The van der Waals surface area contributed by atoms with Gasteiger partial charge in [-0.05, 0) is 30.3 Å². The Morgan fingerprint density at radius 3 is 2.75 bits per heavy atom. The summed E-state index contributed by atoms with van der Waals surface area (Å²) in [6.45, 7) is 0.0630. The van der Waals surface area contributed by atoms with Crippen molar-refractivity contribution in [2.45, 2.75) is 6.61 Å². The summed E-state index contributed by atoms with van der Waals surface area (Å²) in [7, 11) is 1.63. The van der Waals surface area contributed by atoms with Crippen LogP contribution in [-0.4, -0.2) is 12.2 Å². The quantitative estimate of drug-likeness (QED) is 0.907. The molecule has 1 aromatic heterocycles. The van der Waals surface area contributed by atoms with E-state index in [-0.39, 0.29) is 6.61 Å². The van der Waals surface area contributed by atoms with Gasteiger partial charge in [-0.25, -0.2) is 0 Å². The Morgan fingerprint density at radius 2 is 2.12 bits per heavy atom. The lowest BCUT2D eigenvalue weighted by Crippen LogP contribution is -1.85. The van der Waals surface area contributed by atoms with E-state index in [2.05, 4.69) is 0 Å². The van der Waals surface area contributed by atoms with E-state index in [9.17, 15) is 0 Å². The van der Waals surface area contributed by atoms with Gasteiger partial charge in [0.15, 0.2) is 0 Å². The molecule has 0 aliphatic carbocycles. The molecule has 2 nitrogen and oxygen atoms in total. The summed E-state index contributed by atoms with van der Waals surface area (Å²) in [5.74, 6) is 0.788. The van der Waals surface area contributed by atoms with Gasteiger partial charge in [0.25, 0.3) is 0 Å². The molecule has 0 radical (unpaired) electrons. The number of benzene rings is 1. The van der Waals surface area contributed by atoms with Crippen molar-refractivity contribution in [3.63, 3.8) is 0 Å². The van der Waals surface area contributed by atoms with Gasteiger partial charge in [-0.1, -0.05) is 11.6 Å². The summed E-state index contributed by atoms with van der Waals surface area (Å²) in [6, 6.07) is 9.37. The van der Waals surface area contributed by atoms with E-state index in [1.165, 1.54) is 11.3 Å². The fourth-order valence-corrected chi connectivity index (χ4v) is 2.54. The number of halogens is 1. The van der Waals surface area contributed by atoms with Gasteiger partial charge in [-0.15, -0.1) is 11.3 Å². The lowest BCUT2D eigenvalue weighted by Gasteiger charge is -2.06. The van der Waals surface area contributed by atoms with Gasteiger partial charge >= 0.3 is 0 Å². The van der Waals surface area contributed by atoms with Crippen molar-refractivity contribution in [1.82, 2.24) is 0 Å². The zero-order chi connectivity index (χ0) is 11.5. The van der Waals surface area contributed by atoms with E-state index in [0.717, 1.165) is 21.1 Å². The predicted molar refractivity (Wildman–Crippen MR) is 67.2 cm³/mol. The molecule has 0 atom stereocenters. The first kappa shape index (κ1) is 11.5. The SMILES string of the molecule is COc1ccc(Cl)cc1-c1ccc(CO)s1. The van der Waals surface area contributed by atoms with Crippen molar-refractivity contribution in [2.75, 3.05) is 7.11 Å². The first-order valence-corrected chi connectivity index (χ1v) is 5.97. The van der Waals surface area contributed by atoms with E-state index in [1.807, 2.05) is 24.3 Å². The van der Waals surface area contributed by atoms with Gasteiger partial charge in [0.1, 0.15) is 5.75 Å². The van der Waals surface area contributed by atoms with E-state index in [0.29, 0.717) is 5.02 Å². The highest BCUT2D eigenvalue weighted by Crippen LogP contribution is 2.36. The van der Waals surface area contributed by atoms with Crippen LogP contribution in [-0.2, 0) is 6.61 Å². The molecule has 16 heavy (non-hydrogen) atoms. The van der Waals surface area contributed by atoms with Crippen LogP contribution < -0.4 is 4.74 Å². The van der Waals surface area contributed by atoms with Crippen molar-refractivity contribution in [1.29, 1.82) is 0 Å². The van der Waals surface area contributed by atoms with Crippen LogP contribution in [0.5, 0.6) is 5.75 Å². The zero-order valence-electron chi connectivity index (χ0n) is 8.74. The second-order valence-electron chi connectivity index (χ2n) is 3.27. The summed E-state index contributed by atoms with van der Waals surface area (Å²) in [5, 5.41) is 9.71. The maximum atomic E-state index is 9.03.